The van der Waals surface area contributed by atoms with Gasteiger partial charge < -0.3 is 4.74 Å². The van der Waals surface area contributed by atoms with Crippen LogP contribution in [0.5, 0.6) is 5.75 Å². The number of hydrogen-bond acceptors (Lipinski definition) is 3. The van der Waals surface area contributed by atoms with Crippen molar-refractivity contribution in [2.24, 2.45) is 0 Å². The van der Waals surface area contributed by atoms with Gasteiger partial charge in [-0.25, -0.2) is 0 Å². The number of carbonyl (C=O) groups is 1. The molecule has 0 spiro atoms. The van der Waals surface area contributed by atoms with E-state index in [0.717, 1.165) is 25.0 Å². The molecule has 0 heterocycles. The third-order valence-corrected chi connectivity index (χ3v) is 4.86. The monoisotopic (exact) mass is 289 g/mol. The second-order valence-electron chi connectivity index (χ2n) is 6.26. The number of rotatable bonds is 6. The number of benzene rings is 1. The van der Waals surface area contributed by atoms with Gasteiger partial charge in [0, 0.05) is 6.42 Å². The molecule has 0 unspecified atom stereocenters. The summed E-state index contributed by atoms with van der Waals surface area (Å²) in [5, 5.41) is 0. The van der Waals surface area contributed by atoms with Crippen molar-refractivity contribution in [3.05, 3.63) is 29.8 Å². The third-order valence-electron chi connectivity index (χ3n) is 4.86. The lowest BCUT2D eigenvalue weighted by molar-refractivity contribution is -0.131. The van der Waals surface area contributed by atoms with E-state index in [1.165, 1.54) is 24.8 Å². The second kappa shape index (κ2) is 7.08. The molecule has 21 heavy (non-hydrogen) atoms. The summed E-state index contributed by atoms with van der Waals surface area (Å²) in [5.74, 6) is 1.27. The molecule has 2 rings (SSSR count). The van der Waals surface area contributed by atoms with Crippen LogP contribution in [0.2, 0.25) is 0 Å². The predicted octanol–water partition coefficient (Wildman–Crippen LogP) is 3.46. The maximum atomic E-state index is 12.8. The van der Waals surface area contributed by atoms with Crippen LogP contribution >= 0.6 is 0 Å². The number of ether oxygens (including phenoxy) is 1. The Morgan fingerprint density at radius 2 is 1.76 bits per heavy atom. The highest BCUT2D eigenvalue weighted by molar-refractivity contribution is 5.88. The van der Waals surface area contributed by atoms with Crippen molar-refractivity contribution >= 4 is 5.78 Å². The van der Waals surface area contributed by atoms with E-state index in [1.54, 1.807) is 7.11 Å². The molecule has 0 radical (unpaired) electrons. The van der Waals surface area contributed by atoms with Crippen LogP contribution in [0, 0.1) is 0 Å². The summed E-state index contributed by atoms with van der Waals surface area (Å²) in [5.41, 5.74) is 0.985. The molecule has 0 amide bonds. The molecule has 1 aromatic carbocycles. The van der Waals surface area contributed by atoms with Gasteiger partial charge in [0.2, 0.25) is 0 Å². The topological polar surface area (TPSA) is 29.5 Å². The maximum Gasteiger partial charge on any atom is 0.153 e. The van der Waals surface area contributed by atoms with Crippen LogP contribution in [-0.2, 0) is 11.2 Å². The summed E-state index contributed by atoms with van der Waals surface area (Å²) >= 11 is 0. The quantitative estimate of drug-likeness (QED) is 0.803. The van der Waals surface area contributed by atoms with Gasteiger partial charge in [-0.15, -0.1) is 0 Å². The molecule has 1 fully saturated rings. The lowest BCUT2D eigenvalue weighted by Gasteiger charge is -2.41. The summed E-state index contributed by atoms with van der Waals surface area (Å²) in [6, 6.07) is 8.02. The summed E-state index contributed by atoms with van der Waals surface area (Å²) in [6.45, 7) is 0. The summed E-state index contributed by atoms with van der Waals surface area (Å²) < 4.78 is 5.16. The Hall–Kier alpha value is -1.35. The molecule has 0 aliphatic heterocycles. The molecule has 3 heteroatoms. The zero-order valence-corrected chi connectivity index (χ0v) is 13.5. The van der Waals surface area contributed by atoms with E-state index < -0.39 is 0 Å². The van der Waals surface area contributed by atoms with Crippen LogP contribution in [0.4, 0.5) is 0 Å². The fourth-order valence-electron chi connectivity index (χ4n) is 3.39. The van der Waals surface area contributed by atoms with Gasteiger partial charge in [0.15, 0.2) is 5.78 Å². The highest BCUT2D eigenvalue weighted by atomic mass is 16.5. The summed E-state index contributed by atoms with van der Waals surface area (Å²) in [7, 11) is 5.77. The Bertz CT molecular complexity index is 459. The van der Waals surface area contributed by atoms with Crippen molar-refractivity contribution < 1.29 is 9.53 Å². The molecule has 0 N–H and O–H groups in total. The van der Waals surface area contributed by atoms with E-state index >= 15 is 0 Å². The normalized spacial score (nSPS) is 17.7. The van der Waals surface area contributed by atoms with E-state index in [2.05, 4.69) is 31.1 Å². The average Bonchev–Trinajstić information content (AvgIpc) is 2.53. The van der Waals surface area contributed by atoms with Crippen molar-refractivity contribution in [1.82, 2.24) is 4.90 Å². The Kier molecular flexibility index (Phi) is 5.40. The van der Waals surface area contributed by atoms with Crippen LogP contribution in [0.25, 0.3) is 0 Å². The van der Waals surface area contributed by atoms with Gasteiger partial charge in [-0.05, 0) is 51.1 Å². The van der Waals surface area contributed by atoms with Crippen molar-refractivity contribution in [2.75, 3.05) is 21.2 Å². The summed E-state index contributed by atoms with van der Waals surface area (Å²) in [4.78, 5) is 14.9. The van der Waals surface area contributed by atoms with E-state index in [4.69, 9.17) is 4.74 Å². The van der Waals surface area contributed by atoms with E-state index in [-0.39, 0.29) is 5.54 Å². The van der Waals surface area contributed by atoms with Gasteiger partial charge in [0.1, 0.15) is 5.75 Å². The van der Waals surface area contributed by atoms with E-state index in [1.807, 2.05) is 12.1 Å². The number of likely N-dealkylation sites (N-methyl/N-ethyl adjacent to an activating group) is 1. The lowest BCUT2D eigenvalue weighted by atomic mass is 9.76. The van der Waals surface area contributed by atoms with E-state index in [9.17, 15) is 4.79 Å². The minimum atomic E-state index is -0.218. The van der Waals surface area contributed by atoms with Gasteiger partial charge in [0.25, 0.3) is 0 Å². The molecule has 0 atom stereocenters. The predicted molar refractivity (Wildman–Crippen MR) is 85.8 cm³/mol. The number of nitrogens with zero attached hydrogens (tertiary/aromatic N) is 1. The van der Waals surface area contributed by atoms with Crippen molar-refractivity contribution in [1.29, 1.82) is 0 Å². The minimum Gasteiger partial charge on any atom is -0.497 e. The summed E-state index contributed by atoms with van der Waals surface area (Å²) in [6.07, 6.45) is 7.09. The van der Waals surface area contributed by atoms with Gasteiger partial charge in [-0.1, -0.05) is 31.4 Å². The van der Waals surface area contributed by atoms with Gasteiger partial charge in [-0.3, -0.25) is 9.69 Å². The molecule has 3 nitrogen and oxygen atoms in total. The fraction of sp³-hybridized carbons (Fsp3) is 0.611. The first kappa shape index (κ1) is 16.0. The second-order valence-corrected chi connectivity index (χ2v) is 6.26. The Balaban J connectivity index is 1.98. The van der Waals surface area contributed by atoms with Crippen LogP contribution in [0.1, 0.15) is 44.1 Å². The fourth-order valence-corrected chi connectivity index (χ4v) is 3.39. The Morgan fingerprint density at radius 1 is 1.14 bits per heavy atom. The first-order chi connectivity index (χ1) is 10.1. The minimum absolute atomic E-state index is 0.218. The van der Waals surface area contributed by atoms with Crippen molar-refractivity contribution in [2.45, 2.75) is 50.5 Å². The molecule has 1 aromatic rings. The number of ketones is 1. The van der Waals surface area contributed by atoms with Crippen LogP contribution < -0.4 is 4.74 Å². The lowest BCUT2D eigenvalue weighted by Crippen LogP contribution is -2.52. The van der Waals surface area contributed by atoms with Crippen LogP contribution in [-0.4, -0.2) is 37.4 Å². The number of aryl methyl sites for hydroxylation is 1. The molecular formula is C18H27NO2. The van der Waals surface area contributed by atoms with Crippen LogP contribution in [0.15, 0.2) is 24.3 Å². The third kappa shape index (κ3) is 3.65. The SMILES string of the molecule is COc1ccc(CCC(=O)C2(N(C)C)CCCCC2)cc1. The van der Waals surface area contributed by atoms with Gasteiger partial charge in [-0.2, -0.15) is 0 Å². The standard InChI is InChI=1S/C18H27NO2/c1-19(2)18(13-5-4-6-14-18)17(20)12-9-15-7-10-16(21-3)11-8-15/h7-8,10-11H,4-6,9,12-14H2,1-3H3. The number of methoxy groups -OCH3 is 1. The molecule has 0 saturated heterocycles. The molecule has 0 bridgehead atoms. The van der Waals surface area contributed by atoms with E-state index in [0.29, 0.717) is 12.2 Å². The van der Waals surface area contributed by atoms with Gasteiger partial charge in [0.05, 0.1) is 12.6 Å². The molecule has 1 saturated carbocycles. The van der Waals surface area contributed by atoms with Crippen molar-refractivity contribution in [3.63, 3.8) is 0 Å². The maximum absolute atomic E-state index is 12.8. The zero-order chi connectivity index (χ0) is 15.3. The Labute approximate surface area is 128 Å². The molecule has 0 aromatic heterocycles. The van der Waals surface area contributed by atoms with Crippen LogP contribution in [0.3, 0.4) is 0 Å². The smallest absolute Gasteiger partial charge is 0.153 e. The highest BCUT2D eigenvalue weighted by Crippen LogP contribution is 2.34. The highest BCUT2D eigenvalue weighted by Gasteiger charge is 2.40. The molecule has 1 aliphatic carbocycles. The largest absolute Gasteiger partial charge is 0.497 e. The molecular weight excluding hydrogens is 262 g/mol. The number of carbonyl (C=O) groups excluding carboxylic acids is 1. The molecule has 116 valence electrons. The van der Waals surface area contributed by atoms with Crippen molar-refractivity contribution in [3.8, 4) is 5.75 Å². The number of hydrogen-bond donors (Lipinski definition) is 0. The number of Topliss-reactive ketones (excluding diaryl/α,β-unsaturated/α-hetero) is 1. The first-order valence-corrected chi connectivity index (χ1v) is 7.92. The first-order valence-electron chi connectivity index (χ1n) is 7.92. The zero-order valence-electron chi connectivity index (χ0n) is 13.5. The molecule has 1 aliphatic rings. The average molecular weight is 289 g/mol. The Morgan fingerprint density at radius 3 is 2.29 bits per heavy atom. The van der Waals surface area contributed by atoms with Gasteiger partial charge >= 0.3 is 0 Å².